The summed E-state index contributed by atoms with van der Waals surface area (Å²) in [6, 6.07) is 5.97. The number of hydrogen-bond acceptors (Lipinski definition) is 1. The third-order valence-electron chi connectivity index (χ3n) is 2.00. The average molecular weight is 232 g/mol. The lowest BCUT2D eigenvalue weighted by atomic mass is 10.2. The largest absolute Gasteiger partial charge is 0.383 e. The summed E-state index contributed by atoms with van der Waals surface area (Å²) in [5.74, 6) is 0. The first kappa shape index (κ1) is 11.7. The van der Waals surface area contributed by atoms with Gasteiger partial charge in [-0.05, 0) is 31.5 Å². The van der Waals surface area contributed by atoms with E-state index in [9.17, 15) is 0 Å². The van der Waals surface area contributed by atoms with Gasteiger partial charge in [-0.25, -0.2) is 0 Å². The highest BCUT2D eigenvalue weighted by Crippen LogP contribution is 2.23. The van der Waals surface area contributed by atoms with Crippen LogP contribution in [0.25, 0.3) is 0 Å². The standard InChI is InChI=1S/C11H15Cl2N/c1-3-4-8(2)14-11-6-9(12)5-10(13)7-11/h5-8,14H,3-4H2,1-2H3. The topological polar surface area (TPSA) is 12.0 Å². The average Bonchev–Trinajstić information content (AvgIpc) is 2.01. The molecular weight excluding hydrogens is 217 g/mol. The van der Waals surface area contributed by atoms with Gasteiger partial charge in [-0.2, -0.15) is 0 Å². The van der Waals surface area contributed by atoms with Gasteiger partial charge in [0.15, 0.2) is 0 Å². The molecule has 1 unspecified atom stereocenters. The molecule has 0 amide bonds. The van der Waals surface area contributed by atoms with Crippen molar-refractivity contribution in [3.63, 3.8) is 0 Å². The lowest BCUT2D eigenvalue weighted by molar-refractivity contribution is 0.690. The van der Waals surface area contributed by atoms with E-state index < -0.39 is 0 Å². The van der Waals surface area contributed by atoms with Crippen molar-refractivity contribution in [3.8, 4) is 0 Å². The van der Waals surface area contributed by atoms with Gasteiger partial charge >= 0.3 is 0 Å². The predicted octanol–water partition coefficient (Wildman–Crippen LogP) is 4.59. The Morgan fingerprint density at radius 3 is 2.29 bits per heavy atom. The molecule has 0 heterocycles. The lowest BCUT2D eigenvalue weighted by Gasteiger charge is -2.14. The number of rotatable bonds is 4. The minimum absolute atomic E-state index is 0.453. The van der Waals surface area contributed by atoms with Gasteiger partial charge in [0.25, 0.3) is 0 Å². The van der Waals surface area contributed by atoms with Crippen molar-refractivity contribution in [1.29, 1.82) is 0 Å². The second-order valence-corrected chi connectivity index (χ2v) is 4.37. The van der Waals surface area contributed by atoms with Gasteiger partial charge in [0.2, 0.25) is 0 Å². The molecule has 0 aliphatic carbocycles. The first-order chi connectivity index (χ1) is 6.61. The van der Waals surface area contributed by atoms with E-state index in [1.54, 1.807) is 6.07 Å². The van der Waals surface area contributed by atoms with Crippen LogP contribution in [0.15, 0.2) is 18.2 Å². The van der Waals surface area contributed by atoms with E-state index >= 15 is 0 Å². The Labute approximate surface area is 95.4 Å². The molecule has 78 valence electrons. The van der Waals surface area contributed by atoms with Crippen LogP contribution in [0.4, 0.5) is 5.69 Å². The molecular formula is C11H15Cl2N. The molecule has 1 nitrogen and oxygen atoms in total. The molecule has 0 saturated heterocycles. The molecule has 0 aliphatic heterocycles. The molecule has 0 fully saturated rings. The third kappa shape index (κ3) is 3.77. The number of benzene rings is 1. The molecule has 1 atom stereocenters. The molecule has 0 bridgehead atoms. The quantitative estimate of drug-likeness (QED) is 0.800. The maximum Gasteiger partial charge on any atom is 0.0441 e. The van der Waals surface area contributed by atoms with Crippen molar-refractivity contribution in [1.82, 2.24) is 0 Å². The van der Waals surface area contributed by atoms with E-state index in [1.807, 2.05) is 12.1 Å². The third-order valence-corrected chi connectivity index (χ3v) is 2.43. The summed E-state index contributed by atoms with van der Waals surface area (Å²) >= 11 is 11.8. The zero-order valence-corrected chi connectivity index (χ0v) is 9.99. The summed E-state index contributed by atoms with van der Waals surface area (Å²) < 4.78 is 0. The molecule has 1 aromatic carbocycles. The highest BCUT2D eigenvalue weighted by Gasteiger charge is 2.02. The monoisotopic (exact) mass is 231 g/mol. The van der Waals surface area contributed by atoms with Crippen LogP contribution in [0.1, 0.15) is 26.7 Å². The van der Waals surface area contributed by atoms with Crippen LogP contribution in [-0.4, -0.2) is 6.04 Å². The van der Waals surface area contributed by atoms with Crippen LogP contribution in [0.5, 0.6) is 0 Å². The Hall–Kier alpha value is -0.400. The number of halogens is 2. The summed E-state index contributed by atoms with van der Waals surface area (Å²) in [5.41, 5.74) is 0.989. The Morgan fingerprint density at radius 1 is 1.21 bits per heavy atom. The Kier molecular flexibility index (Phi) is 4.56. The van der Waals surface area contributed by atoms with Gasteiger partial charge in [-0.15, -0.1) is 0 Å². The van der Waals surface area contributed by atoms with Crippen LogP contribution in [0.2, 0.25) is 10.0 Å². The minimum Gasteiger partial charge on any atom is -0.383 e. The second kappa shape index (κ2) is 5.47. The van der Waals surface area contributed by atoms with E-state index in [0.717, 1.165) is 12.1 Å². The normalized spacial score (nSPS) is 12.6. The fraction of sp³-hybridized carbons (Fsp3) is 0.455. The number of anilines is 1. The van der Waals surface area contributed by atoms with Gasteiger partial charge in [0.05, 0.1) is 0 Å². The minimum atomic E-state index is 0.453. The van der Waals surface area contributed by atoms with Gasteiger partial charge in [-0.1, -0.05) is 36.5 Å². The van der Waals surface area contributed by atoms with Crippen molar-refractivity contribution in [2.75, 3.05) is 5.32 Å². The summed E-state index contributed by atoms with van der Waals surface area (Å²) in [6.07, 6.45) is 2.31. The molecule has 0 radical (unpaired) electrons. The molecule has 14 heavy (non-hydrogen) atoms. The van der Waals surface area contributed by atoms with Gasteiger partial charge < -0.3 is 5.32 Å². The maximum absolute atomic E-state index is 5.89. The highest BCUT2D eigenvalue weighted by atomic mass is 35.5. The zero-order valence-electron chi connectivity index (χ0n) is 8.48. The smallest absolute Gasteiger partial charge is 0.0441 e. The highest BCUT2D eigenvalue weighted by molar-refractivity contribution is 6.35. The molecule has 1 aromatic rings. The summed E-state index contributed by atoms with van der Waals surface area (Å²) in [4.78, 5) is 0. The Bertz CT molecular complexity index is 279. The summed E-state index contributed by atoms with van der Waals surface area (Å²) in [5, 5.41) is 4.70. The van der Waals surface area contributed by atoms with Crippen molar-refractivity contribution in [2.45, 2.75) is 32.7 Å². The van der Waals surface area contributed by atoms with Crippen LogP contribution in [0, 0.1) is 0 Å². The Balaban J connectivity index is 2.66. The first-order valence-electron chi connectivity index (χ1n) is 4.84. The maximum atomic E-state index is 5.89. The van der Waals surface area contributed by atoms with Gasteiger partial charge in [0, 0.05) is 21.8 Å². The van der Waals surface area contributed by atoms with Crippen LogP contribution >= 0.6 is 23.2 Å². The van der Waals surface area contributed by atoms with E-state index in [2.05, 4.69) is 19.2 Å². The van der Waals surface area contributed by atoms with E-state index in [-0.39, 0.29) is 0 Å². The molecule has 0 aromatic heterocycles. The van der Waals surface area contributed by atoms with Crippen molar-refractivity contribution in [3.05, 3.63) is 28.2 Å². The number of hydrogen-bond donors (Lipinski definition) is 1. The lowest BCUT2D eigenvalue weighted by Crippen LogP contribution is -2.14. The molecule has 0 aliphatic rings. The molecule has 3 heteroatoms. The van der Waals surface area contributed by atoms with E-state index in [1.165, 1.54) is 6.42 Å². The van der Waals surface area contributed by atoms with Crippen molar-refractivity contribution < 1.29 is 0 Å². The SMILES string of the molecule is CCCC(C)Nc1cc(Cl)cc(Cl)c1. The molecule has 1 N–H and O–H groups in total. The summed E-state index contributed by atoms with van der Waals surface area (Å²) in [7, 11) is 0. The van der Waals surface area contributed by atoms with E-state index in [4.69, 9.17) is 23.2 Å². The van der Waals surface area contributed by atoms with Gasteiger partial charge in [0.1, 0.15) is 0 Å². The van der Waals surface area contributed by atoms with Gasteiger partial charge in [-0.3, -0.25) is 0 Å². The fourth-order valence-electron chi connectivity index (χ4n) is 1.43. The Morgan fingerprint density at radius 2 is 1.79 bits per heavy atom. The van der Waals surface area contributed by atoms with Crippen molar-refractivity contribution in [2.24, 2.45) is 0 Å². The van der Waals surface area contributed by atoms with Crippen molar-refractivity contribution >= 4 is 28.9 Å². The molecule has 0 spiro atoms. The zero-order chi connectivity index (χ0) is 10.6. The molecule has 1 rings (SSSR count). The van der Waals surface area contributed by atoms with Crippen LogP contribution in [0.3, 0.4) is 0 Å². The van der Waals surface area contributed by atoms with Crippen LogP contribution < -0.4 is 5.32 Å². The van der Waals surface area contributed by atoms with Crippen LogP contribution in [-0.2, 0) is 0 Å². The summed E-state index contributed by atoms with van der Waals surface area (Å²) in [6.45, 7) is 4.32. The molecule has 0 saturated carbocycles. The first-order valence-corrected chi connectivity index (χ1v) is 5.60. The number of nitrogens with one attached hydrogen (secondary N) is 1. The van der Waals surface area contributed by atoms with E-state index in [0.29, 0.717) is 16.1 Å². The predicted molar refractivity (Wildman–Crippen MR) is 64.5 cm³/mol. The fourth-order valence-corrected chi connectivity index (χ4v) is 1.95. The second-order valence-electron chi connectivity index (χ2n) is 3.49.